The highest BCUT2D eigenvalue weighted by Gasteiger charge is 2.12. The van der Waals surface area contributed by atoms with Gasteiger partial charge in [0.15, 0.2) is 0 Å². The van der Waals surface area contributed by atoms with Gasteiger partial charge in [0.1, 0.15) is 6.26 Å². The largest absolute Gasteiger partial charge is 0.430 e. The van der Waals surface area contributed by atoms with E-state index >= 15 is 0 Å². The minimum atomic E-state index is -0.466. The zero-order valence-electron chi connectivity index (χ0n) is 10.3. The molecule has 0 saturated carbocycles. The van der Waals surface area contributed by atoms with E-state index in [1.165, 1.54) is 18.4 Å². The minimum absolute atomic E-state index is 0.191. The number of rotatable bonds is 3. The molecule has 0 unspecified atom stereocenters. The van der Waals surface area contributed by atoms with Gasteiger partial charge in [-0.1, -0.05) is 28.1 Å². The summed E-state index contributed by atoms with van der Waals surface area (Å²) in [5.74, 6) is -0.191. The van der Waals surface area contributed by atoms with E-state index < -0.39 is 5.63 Å². The first-order valence-corrected chi connectivity index (χ1v) is 6.44. The first-order valence-electron chi connectivity index (χ1n) is 5.65. The molecule has 1 aromatic heterocycles. The molecule has 0 spiro atoms. The van der Waals surface area contributed by atoms with Crippen LogP contribution in [0, 0.1) is 0 Å². The Hall–Kier alpha value is -1.88. The van der Waals surface area contributed by atoms with Crippen LogP contribution in [0.3, 0.4) is 0 Å². The van der Waals surface area contributed by atoms with Crippen molar-refractivity contribution >= 4 is 21.8 Å². The lowest BCUT2D eigenvalue weighted by molar-refractivity contribution is 0.0782. The number of carbonyl (C=O) groups excluding carboxylic acids is 1. The smallest absolute Gasteiger partial charge is 0.335 e. The third kappa shape index (κ3) is 3.54. The molecule has 0 radical (unpaired) electrons. The van der Waals surface area contributed by atoms with Crippen molar-refractivity contribution in [1.29, 1.82) is 0 Å². The maximum atomic E-state index is 12.1. The molecule has 2 aromatic rings. The second-order valence-corrected chi connectivity index (χ2v) is 5.05. The van der Waals surface area contributed by atoms with Crippen molar-refractivity contribution in [1.82, 2.24) is 4.90 Å². The van der Waals surface area contributed by atoms with Crippen molar-refractivity contribution in [2.45, 2.75) is 6.54 Å². The van der Waals surface area contributed by atoms with Gasteiger partial charge in [0, 0.05) is 24.1 Å². The molecule has 0 aliphatic carbocycles. The van der Waals surface area contributed by atoms with Crippen molar-refractivity contribution in [3.8, 4) is 0 Å². The van der Waals surface area contributed by atoms with Crippen LogP contribution in [0.4, 0.5) is 0 Å². The van der Waals surface area contributed by atoms with Crippen molar-refractivity contribution in [3.63, 3.8) is 0 Å². The predicted octanol–water partition coefficient (Wildman–Crippen LogP) is 2.67. The molecule has 0 saturated heterocycles. The lowest BCUT2D eigenvalue weighted by Gasteiger charge is -2.17. The highest BCUT2D eigenvalue weighted by atomic mass is 79.9. The van der Waals surface area contributed by atoms with E-state index in [1.807, 2.05) is 24.3 Å². The highest BCUT2D eigenvalue weighted by Crippen LogP contribution is 2.14. The summed E-state index contributed by atoms with van der Waals surface area (Å²) < 4.78 is 5.66. The van der Waals surface area contributed by atoms with Crippen LogP contribution in [0.1, 0.15) is 15.9 Å². The Labute approximate surface area is 118 Å². The fourth-order valence-electron chi connectivity index (χ4n) is 1.68. The molecule has 4 nitrogen and oxygen atoms in total. The van der Waals surface area contributed by atoms with Crippen molar-refractivity contribution in [2.75, 3.05) is 7.05 Å². The van der Waals surface area contributed by atoms with Gasteiger partial charge in [0.25, 0.3) is 5.91 Å². The maximum Gasteiger partial charge on any atom is 0.335 e. The molecule has 98 valence electrons. The van der Waals surface area contributed by atoms with Gasteiger partial charge in [-0.3, -0.25) is 4.79 Å². The van der Waals surface area contributed by atoms with Gasteiger partial charge in [0.2, 0.25) is 0 Å². The predicted molar refractivity (Wildman–Crippen MR) is 74.9 cm³/mol. The normalized spacial score (nSPS) is 10.2. The fourth-order valence-corrected chi connectivity index (χ4v) is 2.13. The molecule has 1 amide bonds. The van der Waals surface area contributed by atoms with Crippen molar-refractivity contribution in [3.05, 3.63) is 68.7 Å². The van der Waals surface area contributed by atoms with Gasteiger partial charge in [-0.05, 0) is 23.8 Å². The van der Waals surface area contributed by atoms with Crippen LogP contribution in [-0.4, -0.2) is 17.9 Å². The first-order chi connectivity index (χ1) is 9.06. The average Bonchev–Trinajstić information content (AvgIpc) is 2.39. The summed E-state index contributed by atoms with van der Waals surface area (Å²) in [5.41, 5.74) is 0.908. The first kappa shape index (κ1) is 13.5. The van der Waals surface area contributed by atoms with Crippen LogP contribution in [0.2, 0.25) is 0 Å². The highest BCUT2D eigenvalue weighted by molar-refractivity contribution is 9.10. The zero-order valence-corrected chi connectivity index (χ0v) is 11.9. The Morgan fingerprint density at radius 2 is 2.11 bits per heavy atom. The van der Waals surface area contributed by atoms with E-state index in [1.54, 1.807) is 11.9 Å². The van der Waals surface area contributed by atoms with Crippen LogP contribution >= 0.6 is 15.9 Å². The summed E-state index contributed by atoms with van der Waals surface area (Å²) >= 11 is 3.39. The van der Waals surface area contributed by atoms with Gasteiger partial charge in [-0.15, -0.1) is 0 Å². The summed E-state index contributed by atoms with van der Waals surface area (Å²) in [5, 5.41) is 0. The Balaban J connectivity index is 2.11. The summed E-state index contributed by atoms with van der Waals surface area (Å²) in [6, 6.07) is 10.4. The van der Waals surface area contributed by atoms with Crippen molar-refractivity contribution < 1.29 is 9.21 Å². The minimum Gasteiger partial charge on any atom is -0.430 e. The molecule has 5 heteroatoms. The second-order valence-electron chi connectivity index (χ2n) is 4.13. The summed E-state index contributed by atoms with van der Waals surface area (Å²) in [6.07, 6.45) is 1.18. The lowest BCUT2D eigenvalue weighted by atomic mass is 10.2. The number of nitrogens with zero attached hydrogens (tertiary/aromatic N) is 1. The third-order valence-corrected chi connectivity index (χ3v) is 3.10. The van der Waals surface area contributed by atoms with Gasteiger partial charge < -0.3 is 9.32 Å². The number of amides is 1. The summed E-state index contributed by atoms with van der Waals surface area (Å²) in [4.78, 5) is 24.5. The molecule has 0 atom stereocenters. The van der Waals surface area contributed by atoms with Gasteiger partial charge in [-0.25, -0.2) is 4.79 Å². The zero-order chi connectivity index (χ0) is 13.8. The molecule has 0 aliphatic rings. The van der Waals surface area contributed by atoms with Gasteiger partial charge >= 0.3 is 5.63 Å². The lowest BCUT2D eigenvalue weighted by Crippen LogP contribution is -2.26. The fraction of sp³-hybridized carbons (Fsp3) is 0.143. The topological polar surface area (TPSA) is 50.5 Å². The van der Waals surface area contributed by atoms with E-state index in [0.29, 0.717) is 12.1 Å². The monoisotopic (exact) mass is 321 g/mol. The molecular formula is C14H12BrNO3. The Bertz CT molecular complexity index is 631. The molecule has 0 bridgehead atoms. The maximum absolute atomic E-state index is 12.1. The van der Waals surface area contributed by atoms with E-state index in [4.69, 9.17) is 0 Å². The van der Waals surface area contributed by atoms with Gasteiger partial charge in [0.05, 0.1) is 5.56 Å². The van der Waals surface area contributed by atoms with Crippen LogP contribution in [0.15, 0.2) is 56.3 Å². The van der Waals surface area contributed by atoms with E-state index in [0.717, 1.165) is 10.0 Å². The number of hydrogen-bond acceptors (Lipinski definition) is 3. The van der Waals surface area contributed by atoms with Crippen LogP contribution < -0.4 is 5.63 Å². The Morgan fingerprint density at radius 3 is 2.74 bits per heavy atom. The standard InChI is InChI=1S/C14H12BrNO3/c1-16(8-10-3-2-4-12(15)7-10)14(18)11-5-6-13(17)19-9-11/h2-7,9H,8H2,1H3. The molecule has 0 N–H and O–H groups in total. The molecule has 1 heterocycles. The van der Waals surface area contributed by atoms with E-state index in [2.05, 4.69) is 20.3 Å². The quantitative estimate of drug-likeness (QED) is 0.873. The molecular weight excluding hydrogens is 310 g/mol. The van der Waals surface area contributed by atoms with Crippen LogP contribution in [0.5, 0.6) is 0 Å². The van der Waals surface area contributed by atoms with Crippen LogP contribution in [0.25, 0.3) is 0 Å². The molecule has 2 rings (SSSR count). The van der Waals surface area contributed by atoms with E-state index in [9.17, 15) is 9.59 Å². The summed E-state index contributed by atoms with van der Waals surface area (Å²) in [7, 11) is 1.70. The number of benzene rings is 1. The molecule has 1 aromatic carbocycles. The van der Waals surface area contributed by atoms with Gasteiger partial charge in [-0.2, -0.15) is 0 Å². The third-order valence-electron chi connectivity index (χ3n) is 2.60. The average molecular weight is 322 g/mol. The van der Waals surface area contributed by atoms with Crippen molar-refractivity contribution in [2.24, 2.45) is 0 Å². The van der Waals surface area contributed by atoms with Crippen LogP contribution in [-0.2, 0) is 6.54 Å². The number of carbonyl (C=O) groups is 1. The van der Waals surface area contributed by atoms with E-state index in [-0.39, 0.29) is 5.91 Å². The molecule has 0 fully saturated rings. The number of hydrogen-bond donors (Lipinski definition) is 0. The SMILES string of the molecule is CN(Cc1cccc(Br)c1)C(=O)c1ccc(=O)oc1. The summed E-state index contributed by atoms with van der Waals surface area (Å²) in [6.45, 7) is 0.484. The number of halogens is 1. The Morgan fingerprint density at radius 1 is 1.32 bits per heavy atom. The molecule has 19 heavy (non-hydrogen) atoms. The Kier molecular flexibility index (Phi) is 4.16. The second kappa shape index (κ2) is 5.84. The molecule has 0 aliphatic heterocycles.